The van der Waals surface area contributed by atoms with Gasteiger partial charge in [-0.1, -0.05) is 12.1 Å². The second kappa shape index (κ2) is 13.8. The third kappa shape index (κ3) is 14.8. The van der Waals surface area contributed by atoms with Gasteiger partial charge in [0.25, 0.3) is 5.88 Å². The molecule has 4 rings (SSSR count). The summed E-state index contributed by atoms with van der Waals surface area (Å²) in [5, 5.41) is 9.19. The first-order chi connectivity index (χ1) is 20.6. The molecule has 250 valence electrons. The number of hydrogen-bond donors (Lipinski definition) is 1. The van der Waals surface area contributed by atoms with E-state index in [0.29, 0.717) is 34.8 Å². The van der Waals surface area contributed by atoms with Crippen LogP contribution >= 0.6 is 7.81 Å². The predicted molar refractivity (Wildman–Crippen MR) is 147 cm³/mol. The van der Waals surface area contributed by atoms with Gasteiger partial charge in [-0.2, -0.15) is 0 Å². The van der Waals surface area contributed by atoms with E-state index in [2.05, 4.69) is 4.98 Å². The second-order valence-corrected chi connectivity index (χ2v) is 15.4. The molecule has 0 saturated carbocycles. The number of carbonyl (C=O) groups excluding carboxylic acids is 1. The molecule has 1 saturated heterocycles. The topological polar surface area (TPSA) is 90.4 Å². The van der Waals surface area contributed by atoms with E-state index < -0.39 is 34.6 Å². The van der Waals surface area contributed by atoms with Gasteiger partial charge in [0.05, 0.1) is 19.8 Å². The third-order valence-corrected chi connectivity index (χ3v) is 8.16. The summed E-state index contributed by atoms with van der Waals surface area (Å²) < 4.78 is 98.8. The summed E-state index contributed by atoms with van der Waals surface area (Å²) in [5.41, 5.74) is 0.250. The number of morpholine rings is 1. The Morgan fingerprint density at radius 2 is 1.76 bits per heavy atom. The van der Waals surface area contributed by atoms with Crippen LogP contribution in [0.4, 0.5) is 34.4 Å². The van der Waals surface area contributed by atoms with Gasteiger partial charge >= 0.3 is 60.3 Å². The van der Waals surface area contributed by atoms with Gasteiger partial charge in [0, 0.05) is 18.8 Å². The first kappa shape index (κ1) is 36.5. The van der Waals surface area contributed by atoms with E-state index in [-0.39, 0.29) is 37.1 Å². The number of hydrogen-bond acceptors (Lipinski definition) is 7. The maximum absolute atomic E-state index is 14.9. The Labute approximate surface area is 264 Å². The fourth-order valence-corrected chi connectivity index (χ4v) is 5.72. The van der Waals surface area contributed by atoms with Gasteiger partial charge in [0.15, 0.2) is 15.1 Å². The quantitative estimate of drug-likeness (QED) is 0.195. The number of aliphatic hydroxyl groups excluding tert-OH is 1. The van der Waals surface area contributed by atoms with Gasteiger partial charge in [-0.05, 0) is 62.7 Å². The summed E-state index contributed by atoms with van der Waals surface area (Å²) in [6.45, 7) is 6.80. The fourth-order valence-electron chi connectivity index (χ4n) is 3.56. The summed E-state index contributed by atoms with van der Waals surface area (Å²) in [5.74, 6) is 0.539. The van der Waals surface area contributed by atoms with Gasteiger partial charge in [-0.3, -0.25) is 0 Å². The van der Waals surface area contributed by atoms with E-state index in [4.69, 9.17) is 18.9 Å². The normalized spacial score (nSPS) is 16.9. The summed E-state index contributed by atoms with van der Waals surface area (Å²) in [4.78, 5) is 18.3. The average Bonchev–Trinajstić information content (AvgIpc) is 2.92. The molecule has 1 fully saturated rings. The molecule has 0 radical (unpaired) electrons. The Balaban J connectivity index is 0.000000707. The van der Waals surface area contributed by atoms with Crippen LogP contribution in [-0.2, 0) is 16.1 Å². The zero-order valence-electron chi connectivity index (χ0n) is 24.2. The molecular formula is C28H31F7IN2O6P. The zero-order valence-corrected chi connectivity index (χ0v) is 27.3. The minimum atomic E-state index is -10.7. The molecule has 0 aliphatic carbocycles. The molecule has 2 aromatic carbocycles. The molecule has 2 heterocycles. The number of rotatable bonds is 8. The Bertz CT molecular complexity index is 1450. The van der Waals surface area contributed by atoms with Gasteiger partial charge in [0.2, 0.25) is 3.57 Å². The van der Waals surface area contributed by atoms with Gasteiger partial charge in [-0.15, -0.1) is 0 Å². The molecule has 1 aromatic heterocycles. The minimum absolute atomic E-state index is 0.0174. The third-order valence-electron chi connectivity index (χ3n) is 5.36. The van der Waals surface area contributed by atoms with Crippen LogP contribution in [0.3, 0.4) is 0 Å². The van der Waals surface area contributed by atoms with Crippen molar-refractivity contribution >= 4 is 13.9 Å². The first-order valence-corrected chi connectivity index (χ1v) is 17.4. The van der Waals surface area contributed by atoms with Crippen molar-refractivity contribution < 1.29 is 79.6 Å². The molecule has 3 aromatic rings. The molecular weight excluding hydrogens is 751 g/mol. The van der Waals surface area contributed by atoms with Crippen LogP contribution in [0.2, 0.25) is 0 Å². The molecule has 1 atom stereocenters. The van der Waals surface area contributed by atoms with Crippen molar-refractivity contribution in [3.63, 3.8) is 0 Å². The molecule has 0 bridgehead atoms. The van der Waals surface area contributed by atoms with Crippen molar-refractivity contribution in [1.82, 2.24) is 9.88 Å². The molecule has 1 N–H and O–H groups in total. The average molecular weight is 782 g/mol. The molecule has 1 amide bonds. The number of aliphatic hydroxyl groups is 1. The van der Waals surface area contributed by atoms with E-state index in [1.165, 1.54) is 6.07 Å². The molecule has 1 aliphatic rings. The molecule has 1 aliphatic heterocycles. The van der Waals surface area contributed by atoms with Crippen LogP contribution in [0.15, 0.2) is 60.8 Å². The fraction of sp³-hybridized carbons (Fsp3) is 0.357. The number of benzene rings is 2. The van der Waals surface area contributed by atoms with Crippen LogP contribution in [0.1, 0.15) is 26.3 Å². The van der Waals surface area contributed by atoms with Gasteiger partial charge < -0.3 is 29.0 Å². The predicted octanol–water partition coefficient (Wildman–Crippen LogP) is 5.03. The van der Waals surface area contributed by atoms with E-state index in [1.54, 1.807) is 35.4 Å². The van der Waals surface area contributed by atoms with Gasteiger partial charge in [0.1, 0.15) is 24.1 Å². The Kier molecular flexibility index (Phi) is 11.2. The number of carbonyl (C=O) groups is 1. The standard InChI is InChI=1S/C28H31FIN2O6.F6P/c1-28(2,3)38-27(34)32-13-14-35-22(16-32)18-36-25-5-4-12-31-26(25)37-21-10-11-24(23(29)15-21)30-20-8-6-19(17-33)7-9-20;1-7(2,3,4,5)6/h4-12,15,22,33H,13-14,16-18H2,1-3H3;/q+1;-1/t22-;/m0./s1. The van der Waals surface area contributed by atoms with Crippen molar-refractivity contribution in [3.05, 3.63) is 79.3 Å². The van der Waals surface area contributed by atoms with Crippen LogP contribution in [0, 0.1) is 13.0 Å². The molecule has 45 heavy (non-hydrogen) atoms. The van der Waals surface area contributed by atoms with Crippen LogP contribution in [0.5, 0.6) is 17.4 Å². The Hall–Kier alpha value is -2.95. The van der Waals surface area contributed by atoms with Crippen LogP contribution in [0.25, 0.3) is 0 Å². The van der Waals surface area contributed by atoms with E-state index in [0.717, 1.165) is 9.13 Å². The van der Waals surface area contributed by atoms with Crippen molar-refractivity contribution in [1.29, 1.82) is 0 Å². The molecule has 0 unspecified atom stereocenters. The number of aromatic nitrogens is 1. The monoisotopic (exact) mass is 782 g/mol. The van der Waals surface area contributed by atoms with E-state index in [9.17, 15) is 39.5 Å². The number of amides is 1. The summed E-state index contributed by atoms with van der Waals surface area (Å²) >= 11 is -0.725. The maximum atomic E-state index is 14.9. The van der Waals surface area contributed by atoms with E-state index >= 15 is 0 Å². The Morgan fingerprint density at radius 3 is 2.36 bits per heavy atom. The molecule has 8 nitrogen and oxygen atoms in total. The van der Waals surface area contributed by atoms with Crippen LogP contribution in [-0.4, -0.2) is 59.1 Å². The van der Waals surface area contributed by atoms with E-state index in [1.807, 2.05) is 45.0 Å². The number of ether oxygens (including phenoxy) is 4. The second-order valence-electron chi connectivity index (χ2n) is 10.6. The summed E-state index contributed by atoms with van der Waals surface area (Å²) in [7, 11) is -10.7. The molecule has 0 spiro atoms. The summed E-state index contributed by atoms with van der Waals surface area (Å²) in [6, 6.07) is 15.7. The zero-order chi connectivity index (χ0) is 33.5. The number of pyridine rings is 1. The van der Waals surface area contributed by atoms with Gasteiger partial charge in [-0.25, -0.2) is 14.2 Å². The first-order valence-electron chi connectivity index (χ1n) is 13.2. The van der Waals surface area contributed by atoms with Crippen molar-refractivity contribution in [2.24, 2.45) is 0 Å². The van der Waals surface area contributed by atoms with Crippen molar-refractivity contribution in [2.75, 3.05) is 26.3 Å². The van der Waals surface area contributed by atoms with Crippen LogP contribution < -0.4 is 30.7 Å². The van der Waals surface area contributed by atoms with Crippen molar-refractivity contribution in [3.8, 4) is 17.4 Å². The number of nitrogens with zero attached hydrogens (tertiary/aromatic N) is 2. The summed E-state index contributed by atoms with van der Waals surface area (Å²) in [6.07, 6.45) is 0.832. The SMILES string of the molecule is CC(C)(C)OC(=O)N1CCO[C@H](COc2cccnc2Oc2ccc([I+]c3ccc(CO)cc3)c(F)c2)C1.F[P-](F)(F)(F)(F)F. The van der Waals surface area contributed by atoms with Crippen molar-refractivity contribution in [2.45, 2.75) is 39.1 Å². The Morgan fingerprint density at radius 1 is 1.09 bits per heavy atom. The molecule has 17 heteroatoms. The number of halogens is 8.